The van der Waals surface area contributed by atoms with Crippen molar-refractivity contribution in [3.8, 4) is 0 Å². The molecule has 2 fully saturated rings. The normalized spacial score (nSPS) is 22.6. The van der Waals surface area contributed by atoms with Gasteiger partial charge in [-0.3, -0.25) is 14.5 Å². The van der Waals surface area contributed by atoms with Crippen LogP contribution in [0, 0.1) is 12.7 Å². The van der Waals surface area contributed by atoms with E-state index >= 15 is 0 Å². The van der Waals surface area contributed by atoms with Crippen LogP contribution < -0.4 is 11.1 Å². The summed E-state index contributed by atoms with van der Waals surface area (Å²) in [5.74, 6) is -0.719. The minimum atomic E-state index is -0.604. The summed E-state index contributed by atoms with van der Waals surface area (Å²) in [4.78, 5) is 31.8. The van der Waals surface area contributed by atoms with Crippen LogP contribution in [0.15, 0.2) is 78.9 Å². The molecule has 0 aromatic heterocycles. The summed E-state index contributed by atoms with van der Waals surface area (Å²) < 4.78 is 13.6. The zero-order chi connectivity index (χ0) is 29.5. The van der Waals surface area contributed by atoms with Crippen LogP contribution >= 0.6 is 0 Å². The van der Waals surface area contributed by atoms with Gasteiger partial charge in [0.25, 0.3) is 5.91 Å². The van der Waals surface area contributed by atoms with Gasteiger partial charge < -0.3 is 16.0 Å². The van der Waals surface area contributed by atoms with Crippen LogP contribution in [0.3, 0.4) is 0 Å². The van der Waals surface area contributed by atoms with Crippen LogP contribution in [0.25, 0.3) is 0 Å². The van der Waals surface area contributed by atoms with Crippen LogP contribution in [0.2, 0.25) is 0 Å². The summed E-state index contributed by atoms with van der Waals surface area (Å²) in [5.41, 5.74) is 10.3. The number of halogens is 1. The number of benzene rings is 3. The van der Waals surface area contributed by atoms with Crippen LogP contribution in [0.4, 0.5) is 4.39 Å². The summed E-state index contributed by atoms with van der Waals surface area (Å²) in [6, 6.07) is 24.3. The smallest absolute Gasteiger partial charge is 0.254 e. The molecule has 2 aliphatic rings. The van der Waals surface area contributed by atoms with E-state index in [0.717, 1.165) is 51.6 Å². The predicted octanol–water partition coefficient (Wildman–Crippen LogP) is 5.24. The third-order valence-corrected chi connectivity index (χ3v) is 9.03. The molecule has 1 heterocycles. The van der Waals surface area contributed by atoms with Crippen molar-refractivity contribution < 1.29 is 14.0 Å². The molecule has 0 radical (unpaired) electrons. The third-order valence-electron chi connectivity index (χ3n) is 9.03. The van der Waals surface area contributed by atoms with E-state index in [4.69, 9.17) is 5.73 Å². The van der Waals surface area contributed by atoms with Crippen molar-refractivity contribution in [2.45, 2.75) is 82.6 Å². The summed E-state index contributed by atoms with van der Waals surface area (Å²) in [6.07, 6.45) is 5.69. The van der Waals surface area contributed by atoms with Gasteiger partial charge in [0.05, 0.1) is 0 Å². The molecule has 0 spiro atoms. The van der Waals surface area contributed by atoms with Crippen molar-refractivity contribution in [2.24, 2.45) is 5.73 Å². The first-order valence-corrected chi connectivity index (χ1v) is 15.3. The molecular formula is C35H43FN4O2. The summed E-state index contributed by atoms with van der Waals surface area (Å²) >= 11 is 0. The SMILES string of the molecule is Cc1ccccc1CN(CCc1ccccc1)C1CCN(C(=O)c2ccc(F)cc2)[C@@H](C(=O)NC2CCC(N)CC2)C1. The maximum Gasteiger partial charge on any atom is 0.254 e. The van der Waals surface area contributed by atoms with E-state index in [1.165, 1.54) is 41.0 Å². The van der Waals surface area contributed by atoms with Crippen LogP contribution in [0.5, 0.6) is 0 Å². The summed E-state index contributed by atoms with van der Waals surface area (Å²) in [7, 11) is 0. The van der Waals surface area contributed by atoms with Gasteiger partial charge in [-0.25, -0.2) is 4.39 Å². The molecule has 3 aromatic carbocycles. The van der Waals surface area contributed by atoms with Crippen LogP contribution in [-0.4, -0.2) is 58.9 Å². The summed E-state index contributed by atoms with van der Waals surface area (Å²) in [5, 5.41) is 3.26. The van der Waals surface area contributed by atoms with Gasteiger partial charge in [0.15, 0.2) is 0 Å². The van der Waals surface area contributed by atoms with Crippen LogP contribution in [-0.2, 0) is 17.8 Å². The van der Waals surface area contributed by atoms with E-state index in [-0.39, 0.29) is 35.8 Å². The van der Waals surface area contributed by atoms with E-state index in [0.29, 0.717) is 18.5 Å². The van der Waals surface area contributed by atoms with Crippen molar-refractivity contribution in [3.05, 3.63) is 107 Å². The Morgan fingerprint density at radius 2 is 1.62 bits per heavy atom. The molecule has 1 saturated carbocycles. The molecule has 222 valence electrons. The van der Waals surface area contributed by atoms with E-state index in [9.17, 15) is 14.0 Å². The lowest BCUT2D eigenvalue weighted by Gasteiger charge is -2.43. The number of rotatable bonds is 9. The van der Waals surface area contributed by atoms with Gasteiger partial charge in [-0.2, -0.15) is 0 Å². The van der Waals surface area contributed by atoms with Gasteiger partial charge in [0, 0.05) is 43.3 Å². The minimum Gasteiger partial charge on any atom is -0.352 e. The fraction of sp³-hybridized carbons (Fsp3) is 0.429. The van der Waals surface area contributed by atoms with E-state index in [1.807, 2.05) is 6.07 Å². The topological polar surface area (TPSA) is 78.7 Å². The largest absolute Gasteiger partial charge is 0.352 e. The second kappa shape index (κ2) is 14.1. The fourth-order valence-electron chi connectivity index (χ4n) is 6.40. The number of nitrogens with zero attached hydrogens (tertiary/aromatic N) is 2. The summed E-state index contributed by atoms with van der Waals surface area (Å²) in [6.45, 7) is 4.24. The lowest BCUT2D eigenvalue weighted by Crippen LogP contribution is -2.58. The van der Waals surface area contributed by atoms with Gasteiger partial charge in [-0.15, -0.1) is 0 Å². The Balaban J connectivity index is 1.38. The van der Waals surface area contributed by atoms with Crippen molar-refractivity contribution in [1.82, 2.24) is 15.1 Å². The molecule has 42 heavy (non-hydrogen) atoms. The Hall–Kier alpha value is -3.55. The molecule has 2 amide bonds. The highest BCUT2D eigenvalue weighted by atomic mass is 19.1. The Morgan fingerprint density at radius 1 is 0.929 bits per heavy atom. The number of carbonyl (C=O) groups excluding carboxylic acids is 2. The second-order valence-electron chi connectivity index (χ2n) is 12.0. The number of piperidine rings is 1. The van der Waals surface area contributed by atoms with Gasteiger partial charge in [0.2, 0.25) is 5.91 Å². The Labute approximate surface area is 249 Å². The molecule has 7 heteroatoms. The zero-order valence-electron chi connectivity index (χ0n) is 24.6. The average Bonchev–Trinajstić information content (AvgIpc) is 3.01. The van der Waals surface area contributed by atoms with Gasteiger partial charge in [-0.05, 0) is 92.8 Å². The fourth-order valence-corrected chi connectivity index (χ4v) is 6.40. The Kier molecular flexibility index (Phi) is 10.0. The Bertz CT molecular complexity index is 1320. The number of amides is 2. The van der Waals surface area contributed by atoms with Crippen molar-refractivity contribution in [1.29, 1.82) is 0 Å². The number of likely N-dealkylation sites (tertiary alicyclic amines) is 1. The average molecular weight is 571 g/mol. The molecule has 1 aliphatic heterocycles. The van der Waals surface area contributed by atoms with Gasteiger partial charge in [-0.1, -0.05) is 54.6 Å². The standard InChI is InChI=1S/C35H43FN4O2/c1-25-7-5-6-10-28(25)24-39(21-19-26-8-3-2-4-9-26)32-20-22-40(35(42)27-11-13-29(36)14-12-27)33(23-32)34(41)38-31-17-15-30(37)16-18-31/h2-14,30-33H,15-24,37H2,1H3,(H,38,41)/t30?,31?,32?,33-/m1/s1. The van der Waals surface area contributed by atoms with E-state index in [2.05, 4.69) is 65.7 Å². The van der Waals surface area contributed by atoms with E-state index in [1.54, 1.807) is 4.90 Å². The lowest BCUT2D eigenvalue weighted by atomic mass is 9.90. The molecule has 3 aromatic rings. The van der Waals surface area contributed by atoms with Crippen molar-refractivity contribution >= 4 is 11.8 Å². The first-order chi connectivity index (χ1) is 20.4. The highest BCUT2D eigenvalue weighted by Crippen LogP contribution is 2.27. The monoisotopic (exact) mass is 570 g/mol. The number of hydrogen-bond donors (Lipinski definition) is 2. The molecule has 1 aliphatic carbocycles. The molecule has 5 rings (SSSR count). The molecule has 0 bridgehead atoms. The van der Waals surface area contributed by atoms with Crippen LogP contribution in [0.1, 0.15) is 65.6 Å². The van der Waals surface area contributed by atoms with Crippen molar-refractivity contribution in [2.75, 3.05) is 13.1 Å². The molecule has 3 N–H and O–H groups in total. The molecular weight excluding hydrogens is 527 g/mol. The molecule has 6 nitrogen and oxygen atoms in total. The van der Waals surface area contributed by atoms with Gasteiger partial charge >= 0.3 is 0 Å². The van der Waals surface area contributed by atoms with Crippen molar-refractivity contribution in [3.63, 3.8) is 0 Å². The first-order valence-electron chi connectivity index (χ1n) is 15.3. The molecule has 1 unspecified atom stereocenters. The van der Waals surface area contributed by atoms with Gasteiger partial charge in [0.1, 0.15) is 11.9 Å². The van der Waals surface area contributed by atoms with E-state index < -0.39 is 6.04 Å². The lowest BCUT2D eigenvalue weighted by molar-refractivity contribution is -0.128. The predicted molar refractivity (Wildman–Crippen MR) is 164 cm³/mol. The number of aryl methyl sites for hydroxylation is 1. The second-order valence-corrected chi connectivity index (χ2v) is 12.0. The first kappa shape index (κ1) is 29.9. The molecule has 2 atom stereocenters. The maximum atomic E-state index is 13.9. The number of carbonyl (C=O) groups is 2. The number of hydrogen-bond acceptors (Lipinski definition) is 4. The zero-order valence-corrected chi connectivity index (χ0v) is 24.6. The highest BCUT2D eigenvalue weighted by Gasteiger charge is 2.39. The number of nitrogens with two attached hydrogens (primary N) is 1. The minimum absolute atomic E-state index is 0.0709. The maximum absolute atomic E-state index is 13.9. The Morgan fingerprint density at radius 3 is 2.33 bits per heavy atom. The third kappa shape index (κ3) is 7.64. The molecule has 1 saturated heterocycles. The quantitative estimate of drug-likeness (QED) is 0.369. The highest BCUT2D eigenvalue weighted by molar-refractivity contribution is 5.97. The number of nitrogens with one attached hydrogen (secondary N) is 1.